The average Bonchev–Trinajstić information content (AvgIpc) is 3.10. The number of rotatable bonds is 3. The predicted molar refractivity (Wildman–Crippen MR) is 95.0 cm³/mol. The summed E-state index contributed by atoms with van der Waals surface area (Å²) in [6, 6.07) is 8.55. The van der Waals surface area contributed by atoms with Crippen molar-refractivity contribution in [3.8, 4) is 0 Å². The number of thiophene rings is 1. The van der Waals surface area contributed by atoms with Gasteiger partial charge in [0.05, 0.1) is 19.3 Å². The first-order valence-corrected chi connectivity index (χ1v) is 9.49. The highest BCUT2D eigenvalue weighted by Gasteiger charge is 2.27. The lowest BCUT2D eigenvalue weighted by Crippen LogP contribution is -2.46. The largest absolute Gasteiger partial charge is 0.371 e. The van der Waals surface area contributed by atoms with Crippen LogP contribution in [0.15, 0.2) is 35.7 Å². The highest BCUT2D eigenvalue weighted by atomic mass is 32.1. The van der Waals surface area contributed by atoms with Crippen molar-refractivity contribution in [2.75, 3.05) is 32.8 Å². The Bertz CT molecular complexity index is 746. The maximum absolute atomic E-state index is 13.1. The van der Waals surface area contributed by atoms with Crippen molar-refractivity contribution < 1.29 is 13.9 Å². The molecule has 4 rings (SSSR count). The Hall–Kier alpha value is -1.76. The van der Waals surface area contributed by atoms with Crippen molar-refractivity contribution in [1.82, 2.24) is 9.80 Å². The Morgan fingerprint density at radius 1 is 1.24 bits per heavy atom. The predicted octanol–water partition coefficient (Wildman–Crippen LogP) is 2.85. The van der Waals surface area contributed by atoms with Crippen LogP contribution in [0.2, 0.25) is 0 Å². The number of ether oxygens (including phenoxy) is 1. The normalized spacial score (nSPS) is 21.2. The fourth-order valence-corrected chi connectivity index (χ4v) is 4.37. The highest BCUT2D eigenvalue weighted by Crippen LogP contribution is 2.25. The van der Waals surface area contributed by atoms with Crippen LogP contribution in [-0.2, 0) is 22.5 Å². The SMILES string of the molecule is O=C(CN1CCOC(c2ccc(F)cc2)C1)N1CCc2sccc2C1. The summed E-state index contributed by atoms with van der Waals surface area (Å²) in [6.45, 7) is 3.95. The van der Waals surface area contributed by atoms with Gasteiger partial charge in [0.15, 0.2) is 0 Å². The van der Waals surface area contributed by atoms with Crippen LogP contribution in [0.25, 0.3) is 0 Å². The zero-order valence-electron chi connectivity index (χ0n) is 14.0. The molecule has 2 aliphatic rings. The minimum absolute atomic E-state index is 0.105. The summed E-state index contributed by atoms with van der Waals surface area (Å²) in [7, 11) is 0. The van der Waals surface area contributed by atoms with Crippen molar-refractivity contribution in [1.29, 1.82) is 0 Å². The van der Waals surface area contributed by atoms with E-state index in [1.807, 2.05) is 4.90 Å². The molecule has 4 nitrogen and oxygen atoms in total. The summed E-state index contributed by atoms with van der Waals surface area (Å²) in [5.74, 6) is -0.0684. The van der Waals surface area contributed by atoms with E-state index < -0.39 is 0 Å². The number of hydrogen-bond donors (Lipinski definition) is 0. The number of carbonyl (C=O) groups excluding carboxylic acids is 1. The van der Waals surface area contributed by atoms with Crippen molar-refractivity contribution >= 4 is 17.2 Å². The van der Waals surface area contributed by atoms with Crippen molar-refractivity contribution in [3.05, 3.63) is 57.5 Å². The third-order valence-corrected chi connectivity index (χ3v) is 5.93. The van der Waals surface area contributed by atoms with Gasteiger partial charge < -0.3 is 9.64 Å². The summed E-state index contributed by atoms with van der Waals surface area (Å²) in [5, 5.41) is 2.11. The lowest BCUT2D eigenvalue weighted by molar-refractivity contribution is -0.135. The lowest BCUT2D eigenvalue weighted by Gasteiger charge is -2.35. The van der Waals surface area contributed by atoms with Gasteiger partial charge >= 0.3 is 0 Å². The number of carbonyl (C=O) groups is 1. The van der Waals surface area contributed by atoms with Crippen molar-refractivity contribution in [2.45, 2.75) is 19.1 Å². The van der Waals surface area contributed by atoms with E-state index in [1.165, 1.54) is 22.6 Å². The molecule has 0 aliphatic carbocycles. The number of fused-ring (bicyclic) bond motifs is 1. The molecule has 1 unspecified atom stereocenters. The second-order valence-corrected chi connectivity index (χ2v) is 7.58. The van der Waals surface area contributed by atoms with E-state index in [0.29, 0.717) is 19.7 Å². The fourth-order valence-electron chi connectivity index (χ4n) is 3.48. The van der Waals surface area contributed by atoms with Gasteiger partial charge in [-0.15, -0.1) is 11.3 Å². The summed E-state index contributed by atoms with van der Waals surface area (Å²) in [6.07, 6.45) is 0.854. The van der Waals surface area contributed by atoms with E-state index in [0.717, 1.165) is 31.6 Å². The summed E-state index contributed by atoms with van der Waals surface area (Å²) in [4.78, 5) is 18.2. The van der Waals surface area contributed by atoms with Crippen LogP contribution < -0.4 is 0 Å². The van der Waals surface area contributed by atoms with Gasteiger partial charge in [-0.05, 0) is 41.1 Å². The number of morpholine rings is 1. The Kier molecular flexibility index (Phi) is 4.83. The van der Waals surface area contributed by atoms with E-state index in [-0.39, 0.29) is 17.8 Å². The summed E-state index contributed by atoms with van der Waals surface area (Å²) >= 11 is 1.78. The van der Waals surface area contributed by atoms with Gasteiger partial charge in [0, 0.05) is 31.1 Å². The molecule has 6 heteroatoms. The molecule has 132 valence electrons. The third-order valence-electron chi connectivity index (χ3n) is 4.91. The molecule has 0 bridgehead atoms. The Labute approximate surface area is 150 Å². The van der Waals surface area contributed by atoms with Crippen molar-refractivity contribution in [2.24, 2.45) is 0 Å². The van der Waals surface area contributed by atoms with E-state index in [2.05, 4.69) is 16.3 Å². The van der Waals surface area contributed by atoms with Crippen LogP contribution in [0.3, 0.4) is 0 Å². The van der Waals surface area contributed by atoms with Crippen LogP contribution in [0, 0.1) is 5.82 Å². The second-order valence-electron chi connectivity index (χ2n) is 6.58. The summed E-state index contributed by atoms with van der Waals surface area (Å²) in [5.41, 5.74) is 2.25. The number of halogens is 1. The molecule has 3 heterocycles. The van der Waals surface area contributed by atoms with Crippen LogP contribution in [0.4, 0.5) is 4.39 Å². The molecule has 2 aromatic rings. The van der Waals surface area contributed by atoms with E-state index in [1.54, 1.807) is 23.5 Å². The smallest absolute Gasteiger partial charge is 0.237 e. The molecule has 1 fully saturated rings. The molecule has 0 radical (unpaired) electrons. The van der Waals surface area contributed by atoms with Gasteiger partial charge in [0.2, 0.25) is 5.91 Å². The molecule has 0 N–H and O–H groups in total. The number of amides is 1. The van der Waals surface area contributed by atoms with Gasteiger partial charge in [-0.25, -0.2) is 4.39 Å². The van der Waals surface area contributed by atoms with E-state index in [4.69, 9.17) is 4.74 Å². The van der Waals surface area contributed by atoms with Gasteiger partial charge in [-0.1, -0.05) is 12.1 Å². The quantitative estimate of drug-likeness (QED) is 0.844. The molecule has 0 spiro atoms. The molecular formula is C19H21FN2O2S. The molecule has 1 saturated heterocycles. The Morgan fingerprint density at radius 3 is 2.92 bits per heavy atom. The first-order chi connectivity index (χ1) is 12.2. The first-order valence-electron chi connectivity index (χ1n) is 8.61. The second kappa shape index (κ2) is 7.23. The zero-order chi connectivity index (χ0) is 17.2. The number of nitrogens with zero attached hydrogens (tertiary/aromatic N) is 2. The summed E-state index contributed by atoms with van der Waals surface area (Å²) < 4.78 is 18.9. The van der Waals surface area contributed by atoms with E-state index >= 15 is 0 Å². The molecule has 25 heavy (non-hydrogen) atoms. The Balaban J connectivity index is 1.36. The molecule has 1 amide bonds. The van der Waals surface area contributed by atoms with Crippen molar-refractivity contribution in [3.63, 3.8) is 0 Å². The van der Waals surface area contributed by atoms with E-state index in [9.17, 15) is 9.18 Å². The fraction of sp³-hybridized carbons (Fsp3) is 0.421. The average molecular weight is 360 g/mol. The van der Waals surface area contributed by atoms with Crippen LogP contribution in [0.5, 0.6) is 0 Å². The Morgan fingerprint density at radius 2 is 2.08 bits per heavy atom. The first kappa shape index (κ1) is 16.7. The molecule has 1 aromatic heterocycles. The lowest BCUT2D eigenvalue weighted by atomic mass is 10.1. The number of benzene rings is 1. The monoisotopic (exact) mass is 360 g/mol. The van der Waals surface area contributed by atoms with Gasteiger partial charge in [-0.2, -0.15) is 0 Å². The van der Waals surface area contributed by atoms with Crippen LogP contribution >= 0.6 is 11.3 Å². The van der Waals surface area contributed by atoms with Crippen LogP contribution in [-0.4, -0.2) is 48.5 Å². The third kappa shape index (κ3) is 3.76. The molecular weight excluding hydrogens is 339 g/mol. The standard InChI is InChI=1S/C19H21FN2O2S/c20-16-3-1-14(2-4-16)17-12-21(8-9-24-17)13-19(23)22-7-5-18-15(11-22)6-10-25-18/h1-4,6,10,17H,5,7-9,11-13H2. The van der Waals surface area contributed by atoms with Gasteiger partial charge in [-0.3, -0.25) is 9.69 Å². The minimum atomic E-state index is -0.246. The topological polar surface area (TPSA) is 32.8 Å². The zero-order valence-corrected chi connectivity index (χ0v) is 14.8. The van der Waals surface area contributed by atoms with Crippen LogP contribution in [0.1, 0.15) is 22.1 Å². The maximum Gasteiger partial charge on any atom is 0.237 e. The highest BCUT2D eigenvalue weighted by molar-refractivity contribution is 7.10. The molecule has 1 atom stereocenters. The molecule has 1 aromatic carbocycles. The molecule has 0 saturated carbocycles. The molecule has 2 aliphatic heterocycles. The van der Waals surface area contributed by atoms with Gasteiger partial charge in [0.1, 0.15) is 5.82 Å². The minimum Gasteiger partial charge on any atom is -0.371 e. The maximum atomic E-state index is 13.1. The van der Waals surface area contributed by atoms with Gasteiger partial charge in [0.25, 0.3) is 0 Å². The number of hydrogen-bond acceptors (Lipinski definition) is 4.